The Hall–Kier alpha value is -1.82. The molecule has 0 bridgehead atoms. The molecule has 0 amide bonds. The second-order valence-electron chi connectivity index (χ2n) is 3.02. The highest BCUT2D eigenvalue weighted by Gasteiger charge is 2.07. The van der Waals surface area contributed by atoms with E-state index in [9.17, 15) is 0 Å². The van der Waals surface area contributed by atoms with E-state index in [0.29, 0.717) is 5.56 Å². The fourth-order valence-corrected chi connectivity index (χ4v) is 1.50. The van der Waals surface area contributed by atoms with Gasteiger partial charge in [0.25, 0.3) is 0 Å². The molecule has 1 aromatic carbocycles. The molecule has 1 aromatic heterocycles. The van der Waals surface area contributed by atoms with Gasteiger partial charge in [0.05, 0.1) is 17.1 Å². The van der Waals surface area contributed by atoms with E-state index in [1.54, 1.807) is 4.68 Å². The molecule has 3 heteroatoms. The van der Waals surface area contributed by atoms with Gasteiger partial charge in [0.15, 0.2) is 0 Å². The lowest BCUT2D eigenvalue weighted by atomic mass is 10.1. The Morgan fingerprint density at radius 1 is 1.46 bits per heavy atom. The molecule has 2 aromatic rings. The number of nitriles is 1. The Bertz CT molecular complexity index is 503. The van der Waals surface area contributed by atoms with Crippen LogP contribution in [-0.2, 0) is 7.05 Å². The van der Waals surface area contributed by atoms with Crippen molar-refractivity contribution in [3.8, 4) is 6.07 Å². The van der Waals surface area contributed by atoms with Gasteiger partial charge in [0.1, 0.15) is 0 Å². The average molecular weight is 171 g/mol. The molecule has 64 valence electrons. The van der Waals surface area contributed by atoms with Crippen molar-refractivity contribution in [2.24, 2.45) is 7.05 Å². The molecule has 0 aliphatic heterocycles. The zero-order valence-electron chi connectivity index (χ0n) is 7.57. The van der Waals surface area contributed by atoms with E-state index < -0.39 is 0 Å². The van der Waals surface area contributed by atoms with Crippen molar-refractivity contribution in [3.05, 3.63) is 29.5 Å². The number of benzene rings is 1. The minimum atomic E-state index is 0.697. The van der Waals surface area contributed by atoms with Gasteiger partial charge in [-0.05, 0) is 19.1 Å². The molecule has 2 rings (SSSR count). The molecule has 0 saturated heterocycles. The SMILES string of the molecule is Cc1c2c(C#N)cccc2nn1C. The van der Waals surface area contributed by atoms with E-state index in [0.717, 1.165) is 16.6 Å². The number of fused-ring (bicyclic) bond motifs is 1. The van der Waals surface area contributed by atoms with Crippen LogP contribution in [0.4, 0.5) is 0 Å². The van der Waals surface area contributed by atoms with Crippen molar-refractivity contribution in [3.63, 3.8) is 0 Å². The number of hydrogen-bond donors (Lipinski definition) is 0. The minimum absolute atomic E-state index is 0.697. The number of hydrogen-bond acceptors (Lipinski definition) is 2. The Kier molecular flexibility index (Phi) is 1.56. The van der Waals surface area contributed by atoms with Crippen LogP contribution in [0.5, 0.6) is 0 Å². The highest BCUT2D eigenvalue weighted by Crippen LogP contribution is 2.20. The van der Waals surface area contributed by atoms with Crippen molar-refractivity contribution in [2.45, 2.75) is 6.92 Å². The summed E-state index contributed by atoms with van der Waals surface area (Å²) in [6.07, 6.45) is 0. The Morgan fingerprint density at radius 3 is 2.92 bits per heavy atom. The topological polar surface area (TPSA) is 41.6 Å². The van der Waals surface area contributed by atoms with Gasteiger partial charge in [-0.3, -0.25) is 4.68 Å². The van der Waals surface area contributed by atoms with Gasteiger partial charge in [0.2, 0.25) is 0 Å². The summed E-state index contributed by atoms with van der Waals surface area (Å²) in [4.78, 5) is 0. The monoisotopic (exact) mass is 171 g/mol. The maximum Gasteiger partial charge on any atom is 0.0999 e. The van der Waals surface area contributed by atoms with Gasteiger partial charge in [0, 0.05) is 18.1 Å². The summed E-state index contributed by atoms with van der Waals surface area (Å²) >= 11 is 0. The predicted molar refractivity (Wildman–Crippen MR) is 50.2 cm³/mol. The normalized spacial score (nSPS) is 10.2. The van der Waals surface area contributed by atoms with Crippen LogP contribution in [0.2, 0.25) is 0 Å². The van der Waals surface area contributed by atoms with Crippen LogP contribution in [0.3, 0.4) is 0 Å². The third-order valence-electron chi connectivity index (χ3n) is 2.27. The van der Waals surface area contributed by atoms with Crippen molar-refractivity contribution in [1.82, 2.24) is 9.78 Å². The summed E-state index contributed by atoms with van der Waals surface area (Å²) in [5.41, 5.74) is 2.62. The van der Waals surface area contributed by atoms with Gasteiger partial charge < -0.3 is 0 Å². The summed E-state index contributed by atoms with van der Waals surface area (Å²) in [6, 6.07) is 7.76. The fraction of sp³-hybridized carbons (Fsp3) is 0.200. The predicted octanol–water partition coefficient (Wildman–Crippen LogP) is 1.75. The van der Waals surface area contributed by atoms with Crippen molar-refractivity contribution < 1.29 is 0 Å². The van der Waals surface area contributed by atoms with Crippen molar-refractivity contribution in [1.29, 1.82) is 5.26 Å². The lowest BCUT2D eigenvalue weighted by Crippen LogP contribution is -1.91. The lowest BCUT2D eigenvalue weighted by Gasteiger charge is -1.93. The molecule has 1 heterocycles. The largest absolute Gasteiger partial charge is 0.272 e. The van der Waals surface area contributed by atoms with E-state index in [2.05, 4.69) is 11.2 Å². The van der Waals surface area contributed by atoms with Gasteiger partial charge >= 0.3 is 0 Å². The summed E-state index contributed by atoms with van der Waals surface area (Å²) < 4.78 is 1.80. The van der Waals surface area contributed by atoms with E-state index in [1.807, 2.05) is 32.2 Å². The molecule has 0 spiro atoms. The van der Waals surface area contributed by atoms with Gasteiger partial charge in [-0.15, -0.1) is 0 Å². The van der Waals surface area contributed by atoms with Crippen LogP contribution < -0.4 is 0 Å². The fourth-order valence-electron chi connectivity index (χ4n) is 1.50. The Balaban J connectivity index is 2.97. The molecule has 0 fully saturated rings. The molecule has 13 heavy (non-hydrogen) atoms. The number of nitrogens with zero attached hydrogens (tertiary/aromatic N) is 3. The highest BCUT2D eigenvalue weighted by molar-refractivity contribution is 5.87. The second kappa shape index (κ2) is 2.60. The number of aromatic nitrogens is 2. The zero-order valence-corrected chi connectivity index (χ0v) is 7.57. The first-order chi connectivity index (χ1) is 6.24. The summed E-state index contributed by atoms with van der Waals surface area (Å²) in [7, 11) is 1.89. The quantitative estimate of drug-likeness (QED) is 0.606. The Morgan fingerprint density at radius 2 is 2.23 bits per heavy atom. The van der Waals surface area contributed by atoms with Crippen LogP contribution in [0, 0.1) is 18.3 Å². The van der Waals surface area contributed by atoms with Crippen molar-refractivity contribution >= 4 is 10.9 Å². The first-order valence-electron chi connectivity index (χ1n) is 4.06. The van der Waals surface area contributed by atoms with E-state index in [4.69, 9.17) is 5.26 Å². The standard InChI is InChI=1S/C10H9N3/c1-7-10-8(6-11)4-3-5-9(10)12-13(7)2/h3-5H,1-2H3. The highest BCUT2D eigenvalue weighted by atomic mass is 15.3. The zero-order chi connectivity index (χ0) is 9.42. The molecule has 0 N–H and O–H groups in total. The maximum atomic E-state index is 8.88. The Labute approximate surface area is 76.2 Å². The van der Waals surface area contributed by atoms with E-state index in [1.165, 1.54) is 0 Å². The van der Waals surface area contributed by atoms with Crippen LogP contribution in [0.25, 0.3) is 10.9 Å². The van der Waals surface area contributed by atoms with E-state index >= 15 is 0 Å². The smallest absolute Gasteiger partial charge is 0.0999 e. The average Bonchev–Trinajstić information content (AvgIpc) is 2.43. The first-order valence-corrected chi connectivity index (χ1v) is 4.06. The van der Waals surface area contributed by atoms with Crippen LogP contribution in [-0.4, -0.2) is 9.78 Å². The van der Waals surface area contributed by atoms with Crippen LogP contribution >= 0.6 is 0 Å². The van der Waals surface area contributed by atoms with Gasteiger partial charge in [-0.25, -0.2) is 0 Å². The van der Waals surface area contributed by atoms with Gasteiger partial charge in [-0.2, -0.15) is 10.4 Å². The summed E-state index contributed by atoms with van der Waals surface area (Å²) in [5, 5.41) is 14.1. The first kappa shape index (κ1) is 7.81. The summed E-state index contributed by atoms with van der Waals surface area (Å²) in [6.45, 7) is 1.97. The minimum Gasteiger partial charge on any atom is -0.272 e. The summed E-state index contributed by atoms with van der Waals surface area (Å²) in [5.74, 6) is 0. The third-order valence-corrected chi connectivity index (χ3v) is 2.27. The van der Waals surface area contributed by atoms with Crippen molar-refractivity contribution in [2.75, 3.05) is 0 Å². The molecule has 0 unspecified atom stereocenters. The van der Waals surface area contributed by atoms with Crippen LogP contribution in [0.1, 0.15) is 11.3 Å². The third kappa shape index (κ3) is 0.994. The van der Waals surface area contributed by atoms with Gasteiger partial charge in [-0.1, -0.05) is 6.07 Å². The van der Waals surface area contributed by atoms with Crippen LogP contribution in [0.15, 0.2) is 18.2 Å². The molecular weight excluding hydrogens is 162 g/mol. The lowest BCUT2D eigenvalue weighted by molar-refractivity contribution is 0.751. The molecule has 0 aliphatic carbocycles. The molecule has 0 aliphatic rings. The number of rotatable bonds is 0. The molecule has 0 radical (unpaired) electrons. The molecular formula is C10H9N3. The second-order valence-corrected chi connectivity index (χ2v) is 3.02. The maximum absolute atomic E-state index is 8.88. The van der Waals surface area contributed by atoms with E-state index in [-0.39, 0.29) is 0 Å². The molecule has 0 atom stereocenters. The number of aryl methyl sites for hydroxylation is 2. The molecule has 0 saturated carbocycles. The molecule has 3 nitrogen and oxygen atoms in total.